The van der Waals surface area contributed by atoms with Crippen LogP contribution >= 0.6 is 0 Å². The third-order valence-electron chi connectivity index (χ3n) is 2.90. The minimum absolute atomic E-state index is 0.985. The van der Waals surface area contributed by atoms with Crippen molar-refractivity contribution in [3.8, 4) is 6.07 Å². The summed E-state index contributed by atoms with van der Waals surface area (Å²) < 4.78 is 0. The highest BCUT2D eigenvalue weighted by molar-refractivity contribution is 5.47. The Bertz CT molecular complexity index is 433. The lowest BCUT2D eigenvalue weighted by atomic mass is 10.0. The molecular weight excluding hydrogens is 198 g/mol. The van der Waals surface area contributed by atoms with Crippen molar-refractivity contribution in [1.29, 1.82) is 5.26 Å². The minimum Gasteiger partial charge on any atom is -0.370 e. The van der Waals surface area contributed by atoms with Crippen molar-refractivity contribution in [1.82, 2.24) is 4.98 Å². The van der Waals surface area contributed by atoms with Crippen molar-refractivity contribution < 1.29 is 0 Å². The fraction of sp³-hybridized carbons (Fsp3) is 0.385. The number of nitriles is 1. The topological polar surface area (TPSA) is 39.9 Å². The molecule has 0 saturated carbocycles. The van der Waals surface area contributed by atoms with Gasteiger partial charge in [-0.2, -0.15) is 5.26 Å². The Morgan fingerprint density at radius 1 is 1.38 bits per heavy atom. The zero-order chi connectivity index (χ0) is 11.4. The van der Waals surface area contributed by atoms with Crippen molar-refractivity contribution in [2.45, 2.75) is 19.8 Å². The highest BCUT2D eigenvalue weighted by Crippen LogP contribution is 2.22. The molecule has 0 aromatic carbocycles. The van der Waals surface area contributed by atoms with E-state index in [1.807, 2.05) is 12.4 Å². The molecule has 1 aliphatic rings. The number of allylic oxidation sites excluding steroid dienone is 1. The number of aromatic nitrogens is 1. The first-order chi connectivity index (χ1) is 7.79. The summed E-state index contributed by atoms with van der Waals surface area (Å²) in [5.41, 5.74) is 3.64. The average Bonchev–Trinajstić information content (AvgIpc) is 2.30. The van der Waals surface area contributed by atoms with Gasteiger partial charge in [-0.15, -0.1) is 0 Å². The van der Waals surface area contributed by atoms with Crippen LogP contribution in [0.5, 0.6) is 0 Å². The van der Waals surface area contributed by atoms with Gasteiger partial charge in [0.25, 0.3) is 0 Å². The van der Waals surface area contributed by atoms with E-state index < -0.39 is 0 Å². The smallest absolute Gasteiger partial charge is 0.0911 e. The van der Waals surface area contributed by atoms with E-state index in [9.17, 15) is 0 Å². The van der Waals surface area contributed by atoms with Gasteiger partial charge < -0.3 is 4.90 Å². The fourth-order valence-electron chi connectivity index (χ4n) is 2.00. The van der Waals surface area contributed by atoms with Gasteiger partial charge >= 0.3 is 0 Å². The van der Waals surface area contributed by atoms with E-state index in [0.717, 1.165) is 25.9 Å². The molecule has 1 aliphatic heterocycles. The monoisotopic (exact) mass is 213 g/mol. The number of piperidine rings is 1. The second-order valence-corrected chi connectivity index (χ2v) is 4.14. The summed E-state index contributed by atoms with van der Waals surface area (Å²) in [6.45, 7) is 4.03. The normalized spacial score (nSPS) is 15.8. The molecule has 16 heavy (non-hydrogen) atoms. The Hall–Kier alpha value is -1.82. The van der Waals surface area contributed by atoms with Crippen LogP contribution in [0.1, 0.15) is 18.4 Å². The zero-order valence-corrected chi connectivity index (χ0v) is 9.48. The number of rotatable bonds is 1. The molecule has 1 fully saturated rings. The molecule has 0 aliphatic carbocycles. The molecule has 3 nitrogen and oxygen atoms in total. The van der Waals surface area contributed by atoms with Crippen LogP contribution in [0.4, 0.5) is 5.69 Å². The van der Waals surface area contributed by atoms with E-state index in [1.54, 1.807) is 6.08 Å². The van der Waals surface area contributed by atoms with Gasteiger partial charge in [0.2, 0.25) is 0 Å². The molecule has 3 heteroatoms. The SMILES string of the molecule is Cc1cncc(N2CCC(=CC#N)CC2)c1. The van der Waals surface area contributed by atoms with E-state index in [-0.39, 0.29) is 0 Å². The number of aryl methyl sites for hydroxylation is 1. The molecule has 1 aromatic heterocycles. The summed E-state index contributed by atoms with van der Waals surface area (Å²) >= 11 is 0. The van der Waals surface area contributed by atoms with Crippen molar-refractivity contribution in [2.24, 2.45) is 0 Å². The molecular formula is C13H15N3. The van der Waals surface area contributed by atoms with Gasteiger partial charge in [-0.1, -0.05) is 5.57 Å². The molecule has 0 amide bonds. The van der Waals surface area contributed by atoms with Gasteiger partial charge in [0.15, 0.2) is 0 Å². The van der Waals surface area contributed by atoms with Crippen LogP contribution in [-0.4, -0.2) is 18.1 Å². The van der Waals surface area contributed by atoms with Gasteiger partial charge in [0.05, 0.1) is 18.0 Å². The van der Waals surface area contributed by atoms with Gasteiger partial charge in [0, 0.05) is 25.4 Å². The summed E-state index contributed by atoms with van der Waals surface area (Å²) in [5.74, 6) is 0. The number of hydrogen-bond donors (Lipinski definition) is 0. The third kappa shape index (κ3) is 2.40. The summed E-state index contributed by atoms with van der Waals surface area (Å²) in [5, 5.41) is 8.59. The summed E-state index contributed by atoms with van der Waals surface area (Å²) in [6.07, 6.45) is 7.44. The van der Waals surface area contributed by atoms with Crippen LogP contribution in [0.3, 0.4) is 0 Å². The predicted octanol–water partition coefficient (Wildman–Crippen LogP) is 2.44. The first-order valence-corrected chi connectivity index (χ1v) is 5.54. The van der Waals surface area contributed by atoms with Crippen molar-refractivity contribution >= 4 is 5.69 Å². The molecule has 0 radical (unpaired) electrons. The maximum absolute atomic E-state index is 8.59. The van der Waals surface area contributed by atoms with Gasteiger partial charge in [-0.05, 0) is 31.4 Å². The summed E-state index contributed by atoms with van der Waals surface area (Å²) in [7, 11) is 0. The molecule has 2 rings (SSSR count). The van der Waals surface area contributed by atoms with E-state index in [2.05, 4.69) is 28.9 Å². The Morgan fingerprint density at radius 3 is 2.75 bits per heavy atom. The first-order valence-electron chi connectivity index (χ1n) is 5.54. The first kappa shape index (κ1) is 10.7. The molecule has 0 bridgehead atoms. The summed E-state index contributed by atoms with van der Waals surface area (Å²) in [6, 6.07) is 4.27. The standard InChI is InChI=1S/C13H15N3/c1-11-8-13(10-15-9-11)16-6-3-12(2-5-14)4-7-16/h2,8-10H,3-4,6-7H2,1H3. The van der Waals surface area contributed by atoms with E-state index in [0.29, 0.717) is 0 Å². The van der Waals surface area contributed by atoms with Crippen LogP contribution < -0.4 is 4.90 Å². The highest BCUT2D eigenvalue weighted by Gasteiger charge is 2.14. The molecule has 0 N–H and O–H groups in total. The van der Waals surface area contributed by atoms with Crippen LogP contribution in [0.2, 0.25) is 0 Å². The van der Waals surface area contributed by atoms with Crippen LogP contribution in [-0.2, 0) is 0 Å². The Kier molecular flexibility index (Phi) is 3.21. The minimum atomic E-state index is 0.985. The average molecular weight is 213 g/mol. The van der Waals surface area contributed by atoms with Crippen molar-refractivity contribution in [3.63, 3.8) is 0 Å². The Labute approximate surface area is 96.0 Å². The van der Waals surface area contributed by atoms with Gasteiger partial charge in [-0.3, -0.25) is 4.98 Å². The molecule has 0 atom stereocenters. The molecule has 82 valence electrons. The number of anilines is 1. The largest absolute Gasteiger partial charge is 0.370 e. The third-order valence-corrected chi connectivity index (χ3v) is 2.90. The maximum Gasteiger partial charge on any atom is 0.0911 e. The van der Waals surface area contributed by atoms with Crippen LogP contribution in [0.25, 0.3) is 0 Å². The fourth-order valence-corrected chi connectivity index (χ4v) is 2.00. The quantitative estimate of drug-likeness (QED) is 0.673. The van der Waals surface area contributed by atoms with Crippen LogP contribution in [0.15, 0.2) is 30.1 Å². The predicted molar refractivity (Wildman–Crippen MR) is 64.1 cm³/mol. The number of hydrogen-bond acceptors (Lipinski definition) is 3. The van der Waals surface area contributed by atoms with Crippen molar-refractivity contribution in [2.75, 3.05) is 18.0 Å². The lowest BCUT2D eigenvalue weighted by Crippen LogP contribution is -2.30. The Balaban J connectivity index is 2.05. The lowest BCUT2D eigenvalue weighted by Gasteiger charge is -2.30. The molecule has 2 heterocycles. The number of pyridine rings is 1. The molecule has 1 saturated heterocycles. The highest BCUT2D eigenvalue weighted by atomic mass is 15.1. The van der Waals surface area contributed by atoms with Crippen molar-refractivity contribution in [3.05, 3.63) is 35.7 Å². The van der Waals surface area contributed by atoms with Gasteiger partial charge in [0.1, 0.15) is 0 Å². The second-order valence-electron chi connectivity index (χ2n) is 4.14. The molecule has 1 aromatic rings. The summed E-state index contributed by atoms with van der Waals surface area (Å²) in [4.78, 5) is 6.53. The molecule has 0 unspecified atom stereocenters. The van der Waals surface area contributed by atoms with E-state index >= 15 is 0 Å². The van der Waals surface area contributed by atoms with E-state index in [1.165, 1.54) is 16.8 Å². The molecule has 0 spiro atoms. The maximum atomic E-state index is 8.59. The van der Waals surface area contributed by atoms with Crippen LogP contribution in [0, 0.1) is 18.3 Å². The number of nitrogens with zero attached hydrogens (tertiary/aromatic N) is 3. The second kappa shape index (κ2) is 4.80. The van der Waals surface area contributed by atoms with E-state index in [4.69, 9.17) is 5.26 Å². The van der Waals surface area contributed by atoms with Gasteiger partial charge in [-0.25, -0.2) is 0 Å². The zero-order valence-electron chi connectivity index (χ0n) is 9.48. The Morgan fingerprint density at radius 2 is 2.12 bits per heavy atom. The lowest BCUT2D eigenvalue weighted by molar-refractivity contribution is 0.684.